The Labute approximate surface area is 530 Å². The van der Waals surface area contributed by atoms with Crippen LogP contribution in [-0.4, -0.2) is 148 Å². The smallest absolute Gasteiger partial charge is 0.312 e. The number of anilines is 5. The molecular formula is C63H70F3N13O10S2. The number of aryl methyl sites for hydroxylation is 1. The van der Waals surface area contributed by atoms with Gasteiger partial charge in [-0.3, -0.25) is 28.9 Å². The van der Waals surface area contributed by atoms with Crippen molar-refractivity contribution < 1.29 is 65.8 Å². The molecule has 0 saturated carbocycles. The fourth-order valence-electron chi connectivity index (χ4n) is 10.7. The summed E-state index contributed by atoms with van der Waals surface area (Å²) in [4.78, 5) is 100. The lowest BCUT2D eigenvalue weighted by Gasteiger charge is -2.42. The zero-order chi connectivity index (χ0) is 64.8. The first-order valence-corrected chi connectivity index (χ1v) is 31.5. The molecule has 0 radical (unpaired) electrons. The molecule has 3 aromatic heterocycles. The number of quaternary nitrogens is 1. The second kappa shape index (κ2) is 30.2. The van der Waals surface area contributed by atoms with Crippen LogP contribution in [0.3, 0.4) is 0 Å². The Hall–Kier alpha value is -9.04. The van der Waals surface area contributed by atoms with Gasteiger partial charge in [0, 0.05) is 64.5 Å². The number of imide groups is 1. The molecule has 3 aromatic carbocycles. The zero-order valence-corrected chi connectivity index (χ0v) is 52.0. The molecule has 6 aromatic rings. The molecule has 1 saturated heterocycles. The van der Waals surface area contributed by atoms with Gasteiger partial charge < -0.3 is 61.1 Å². The number of carboxylic acid groups (broad SMARTS) is 1. The van der Waals surface area contributed by atoms with Crippen LogP contribution in [0.4, 0.5) is 45.6 Å². The summed E-state index contributed by atoms with van der Waals surface area (Å²) in [6.07, 6.45) is 3.88. The fourth-order valence-corrected chi connectivity index (χ4v) is 12.7. The molecule has 28 heteroatoms. The number of amides is 7. The Bertz CT molecular complexity index is 3720. The van der Waals surface area contributed by atoms with E-state index in [4.69, 9.17) is 15.2 Å². The Morgan fingerprint density at radius 2 is 1.67 bits per heavy atom. The summed E-state index contributed by atoms with van der Waals surface area (Å²) in [5, 5.41) is 36.6. The van der Waals surface area contributed by atoms with Gasteiger partial charge >= 0.3 is 6.03 Å². The normalized spacial score (nSPS) is 15.5. The summed E-state index contributed by atoms with van der Waals surface area (Å²) in [6, 6.07) is 16.0. The van der Waals surface area contributed by atoms with Gasteiger partial charge in [0.05, 0.1) is 68.5 Å². The molecular weight excluding hydrogens is 1220 g/mol. The number of thiazole rings is 2. The van der Waals surface area contributed by atoms with Crippen LogP contribution in [0, 0.1) is 30.5 Å². The highest BCUT2D eigenvalue weighted by Gasteiger charge is 2.43. The second-order valence-corrected chi connectivity index (χ2v) is 24.8. The average molecular weight is 1290 g/mol. The highest BCUT2D eigenvalue weighted by atomic mass is 32.1. The Morgan fingerprint density at radius 3 is 2.38 bits per heavy atom. The molecule has 23 nitrogen and oxygen atoms in total. The molecule has 3 aliphatic rings. The minimum absolute atomic E-state index is 0.00641. The third-order valence-electron chi connectivity index (χ3n) is 15.7. The number of alkyl halides is 2. The number of ether oxygens (including phenoxy) is 2. The van der Waals surface area contributed by atoms with Crippen molar-refractivity contribution in [1.82, 2.24) is 41.0 Å². The van der Waals surface area contributed by atoms with E-state index >= 15 is 4.39 Å². The van der Waals surface area contributed by atoms with Crippen LogP contribution in [0.5, 0.6) is 5.75 Å². The van der Waals surface area contributed by atoms with E-state index in [0.29, 0.717) is 57.5 Å². The highest BCUT2D eigenvalue weighted by molar-refractivity contribution is 7.22. The molecule has 480 valence electrons. The van der Waals surface area contributed by atoms with Crippen LogP contribution in [-0.2, 0) is 48.1 Å². The summed E-state index contributed by atoms with van der Waals surface area (Å²) in [7, 11) is 0. The number of halogens is 3. The number of aromatic nitrogens is 4. The van der Waals surface area contributed by atoms with Crippen molar-refractivity contribution in [3.05, 3.63) is 118 Å². The first-order valence-electron chi connectivity index (χ1n) is 29.9. The third kappa shape index (κ3) is 17.7. The largest absolute Gasteiger partial charge is 0.543 e. The van der Waals surface area contributed by atoms with E-state index in [9.17, 15) is 47.4 Å². The minimum Gasteiger partial charge on any atom is -0.543 e. The van der Waals surface area contributed by atoms with E-state index in [2.05, 4.69) is 58.6 Å². The van der Waals surface area contributed by atoms with Crippen molar-refractivity contribution >= 4 is 102 Å². The number of para-hydroxylation sites is 1. The number of carbonyl (C=O) groups is 7. The van der Waals surface area contributed by atoms with E-state index in [1.807, 2.05) is 36.1 Å². The number of aromatic carboxylic acids is 1. The molecule has 3 aliphatic heterocycles. The Morgan fingerprint density at radius 1 is 0.912 bits per heavy atom. The number of rotatable bonds is 28. The van der Waals surface area contributed by atoms with Crippen molar-refractivity contribution in [3.8, 4) is 17.6 Å². The molecule has 1 fully saturated rings. The molecule has 7 N–H and O–H groups in total. The maximum absolute atomic E-state index is 15.6. The minimum atomic E-state index is -2.85. The van der Waals surface area contributed by atoms with Crippen molar-refractivity contribution in [2.24, 2.45) is 11.7 Å². The number of fused-ring (bicyclic) bond motifs is 2. The van der Waals surface area contributed by atoms with Crippen LogP contribution >= 0.6 is 22.7 Å². The number of piperidine rings is 1. The Balaban J connectivity index is 0.771. The van der Waals surface area contributed by atoms with E-state index in [0.717, 1.165) is 56.8 Å². The van der Waals surface area contributed by atoms with Crippen LogP contribution in [0.1, 0.15) is 96.4 Å². The predicted octanol–water partition coefficient (Wildman–Crippen LogP) is 6.34. The molecule has 9 rings (SSSR count). The molecule has 7 amide bonds. The van der Waals surface area contributed by atoms with Gasteiger partial charge in [0.2, 0.25) is 17.7 Å². The fraction of sp³-hybridized carbons (Fsp3) is 0.413. The quantitative estimate of drug-likeness (QED) is 0.0135. The molecule has 91 heavy (non-hydrogen) atoms. The standard InChI is InChI=1S/C63H70F3N13O10S2/c1-38(2)53(72-50(80)24-34-88-35-29-77-51(81)22-23-52(77)82)58(84)70-46(13-6-27-68-60(67)87)57(83)69-42-19-16-41(17-20-42)37-79(31-25-63(65,66)26-32-79)30-8-10-40-18-21-47(44(64)36-40)89-33-9-15-49-54(59(85)86)73-62(91-49)78-28-7-11-43-39(3)55(75-76-56(43)78)74-61-71-45-12-4-5-14-48(45)90-61/h4-5,12,14,16-23,36,38,46,53H,6-7,9,11,13,15,24-35,37H2,1-3H3,(H7-,67,68,69,70,71,72,74,75,80,83,84,85,86,87)/t46-,53-/m0/s1. The SMILES string of the molecule is Cc1c(Nc2nc3ccccc3s2)nnc2c1CCCN2c1nc(C(=O)[O-])c(CCCOc2ccc(C#CC[N+]3(Cc4ccc(NC(=O)[C@H](CCCNC(N)=O)NC(=O)[C@@H](NC(=O)CCOCCN5C(=O)C=CC5=O)C(C)C)cc4)CCC(F)(F)CC3)cc2F)s1. The first-order chi connectivity index (χ1) is 43.6. The third-order valence-corrected chi connectivity index (χ3v) is 17.8. The van der Waals surface area contributed by atoms with Gasteiger partial charge in [-0.15, -0.1) is 21.5 Å². The monoisotopic (exact) mass is 1290 g/mol. The van der Waals surface area contributed by atoms with Gasteiger partial charge in [0.25, 0.3) is 17.7 Å². The van der Waals surface area contributed by atoms with Crippen molar-refractivity contribution in [2.75, 3.05) is 74.6 Å². The van der Waals surface area contributed by atoms with Gasteiger partial charge in [-0.25, -0.2) is 27.9 Å². The number of benzene rings is 3. The van der Waals surface area contributed by atoms with Crippen molar-refractivity contribution in [2.45, 2.75) is 103 Å². The number of nitrogens with zero attached hydrogens (tertiary/aromatic N) is 7. The number of carboxylic acids is 1. The van der Waals surface area contributed by atoms with Gasteiger partial charge in [-0.05, 0) is 99.8 Å². The lowest BCUT2D eigenvalue weighted by molar-refractivity contribution is -0.941. The summed E-state index contributed by atoms with van der Waals surface area (Å²) >= 11 is 2.73. The van der Waals surface area contributed by atoms with Gasteiger partial charge in [0.15, 0.2) is 33.5 Å². The zero-order valence-electron chi connectivity index (χ0n) is 50.4. The highest BCUT2D eigenvalue weighted by Crippen LogP contribution is 2.40. The number of carbonyl (C=O) groups excluding carboxylic acids is 7. The number of nitrogens with two attached hydrogens (primary N) is 1. The van der Waals surface area contributed by atoms with Crippen molar-refractivity contribution in [3.63, 3.8) is 0 Å². The summed E-state index contributed by atoms with van der Waals surface area (Å²) in [6.45, 7) is 6.79. The molecule has 0 aliphatic carbocycles. The van der Waals surface area contributed by atoms with E-state index in [1.54, 1.807) is 44.2 Å². The van der Waals surface area contributed by atoms with E-state index < -0.39 is 71.3 Å². The van der Waals surface area contributed by atoms with Gasteiger partial charge in [-0.1, -0.05) is 55.4 Å². The predicted molar refractivity (Wildman–Crippen MR) is 333 cm³/mol. The number of primary amides is 1. The lowest BCUT2D eigenvalue weighted by Crippen LogP contribution is -2.55. The van der Waals surface area contributed by atoms with E-state index in [1.165, 1.54) is 34.8 Å². The van der Waals surface area contributed by atoms with Crippen LogP contribution in [0.25, 0.3) is 10.2 Å². The number of nitrogens with one attached hydrogen (secondary N) is 5. The average Bonchev–Trinajstić information content (AvgIpc) is 1.81. The summed E-state index contributed by atoms with van der Waals surface area (Å²) in [5.74, 6) is -0.747. The van der Waals surface area contributed by atoms with Crippen molar-refractivity contribution in [1.29, 1.82) is 0 Å². The number of hydrogen-bond acceptors (Lipinski definition) is 18. The molecule has 0 unspecified atom stereocenters. The molecule has 6 heterocycles. The van der Waals surface area contributed by atoms with Crippen LogP contribution in [0.15, 0.2) is 78.9 Å². The van der Waals surface area contributed by atoms with Crippen LogP contribution < -0.4 is 47.1 Å². The number of hydrogen-bond donors (Lipinski definition) is 6. The second-order valence-electron chi connectivity index (χ2n) is 22.8. The lowest BCUT2D eigenvalue weighted by atomic mass is 10.0. The van der Waals surface area contributed by atoms with Gasteiger partial charge in [0.1, 0.15) is 30.9 Å². The Kier molecular flexibility index (Phi) is 22.0. The maximum Gasteiger partial charge on any atom is 0.312 e. The summed E-state index contributed by atoms with van der Waals surface area (Å²) < 4.78 is 57.4. The molecule has 0 spiro atoms. The topological polar surface area (TPSA) is 305 Å². The number of urea groups is 1. The first kappa shape index (κ1) is 66.4. The van der Waals surface area contributed by atoms with Gasteiger partial charge in [-0.2, -0.15) is 0 Å². The number of likely N-dealkylation sites (tertiary alicyclic amines) is 1. The van der Waals surface area contributed by atoms with E-state index in [-0.39, 0.29) is 107 Å². The molecule has 0 bridgehead atoms. The van der Waals surface area contributed by atoms with Crippen LogP contribution in [0.2, 0.25) is 0 Å². The molecule has 2 atom stereocenters. The summed E-state index contributed by atoms with van der Waals surface area (Å²) in [5.41, 5.74) is 9.28. The maximum atomic E-state index is 15.6.